The van der Waals surface area contributed by atoms with Crippen LogP contribution in [0.1, 0.15) is 31.0 Å². The Labute approximate surface area is 128 Å². The number of hydrogen-bond acceptors (Lipinski definition) is 1. The Morgan fingerprint density at radius 1 is 1.00 bits per heavy atom. The molecule has 0 fully saturated rings. The third-order valence-corrected chi connectivity index (χ3v) is 3.89. The maximum absolute atomic E-state index is 12.9. The van der Waals surface area contributed by atoms with E-state index in [2.05, 4.69) is 59.4 Å². The van der Waals surface area contributed by atoms with Crippen molar-refractivity contribution >= 4 is 15.9 Å². The molecule has 0 saturated carbocycles. The van der Waals surface area contributed by atoms with E-state index in [0.717, 1.165) is 16.5 Å². The Morgan fingerprint density at radius 3 is 2.20 bits per heavy atom. The number of nitrogens with one attached hydrogen (secondary N) is 1. The second kappa shape index (κ2) is 7.00. The van der Waals surface area contributed by atoms with E-state index < -0.39 is 0 Å². The van der Waals surface area contributed by atoms with Gasteiger partial charge in [-0.15, -0.1) is 0 Å². The summed E-state index contributed by atoms with van der Waals surface area (Å²) in [5.74, 6) is -0.191. The van der Waals surface area contributed by atoms with Crippen molar-refractivity contribution in [2.24, 2.45) is 0 Å². The van der Waals surface area contributed by atoms with Crippen LogP contribution in [-0.2, 0) is 6.42 Å². The Balaban J connectivity index is 1.92. The van der Waals surface area contributed by atoms with Crippen LogP contribution in [0.3, 0.4) is 0 Å². The zero-order chi connectivity index (χ0) is 14.5. The summed E-state index contributed by atoms with van der Waals surface area (Å²) in [5, 5.41) is 3.54. The predicted molar refractivity (Wildman–Crippen MR) is 85.3 cm³/mol. The molecule has 1 N–H and O–H groups in total. The lowest BCUT2D eigenvalue weighted by Gasteiger charge is -2.20. The minimum absolute atomic E-state index is 0.191. The summed E-state index contributed by atoms with van der Waals surface area (Å²) in [6, 6.07) is 15.6. The number of benzene rings is 2. The van der Waals surface area contributed by atoms with Gasteiger partial charge in [0.05, 0.1) is 0 Å². The summed E-state index contributed by atoms with van der Waals surface area (Å²) >= 11 is 3.44. The summed E-state index contributed by atoms with van der Waals surface area (Å²) in [6.07, 6.45) is 0.971. The van der Waals surface area contributed by atoms with Crippen LogP contribution in [0.5, 0.6) is 0 Å². The maximum Gasteiger partial charge on any atom is 0.123 e. The summed E-state index contributed by atoms with van der Waals surface area (Å²) in [6.45, 7) is 4.27. The van der Waals surface area contributed by atoms with Crippen molar-refractivity contribution in [2.45, 2.75) is 32.4 Å². The first-order valence-electron chi connectivity index (χ1n) is 6.80. The molecule has 1 nitrogen and oxygen atoms in total. The first kappa shape index (κ1) is 15.2. The van der Waals surface area contributed by atoms with Gasteiger partial charge in [0.1, 0.15) is 5.82 Å². The third-order valence-electron chi connectivity index (χ3n) is 3.36. The zero-order valence-electron chi connectivity index (χ0n) is 11.7. The van der Waals surface area contributed by atoms with Crippen LogP contribution in [0.2, 0.25) is 0 Å². The van der Waals surface area contributed by atoms with Crippen molar-refractivity contribution in [3.05, 3.63) is 69.9 Å². The van der Waals surface area contributed by atoms with Gasteiger partial charge in [-0.1, -0.05) is 40.2 Å². The quantitative estimate of drug-likeness (QED) is 0.821. The molecule has 106 valence electrons. The average Bonchev–Trinajstić information content (AvgIpc) is 2.42. The Bertz CT molecular complexity index is 536. The van der Waals surface area contributed by atoms with Gasteiger partial charge in [-0.25, -0.2) is 4.39 Å². The van der Waals surface area contributed by atoms with Crippen molar-refractivity contribution in [3.63, 3.8) is 0 Å². The highest BCUT2D eigenvalue weighted by Gasteiger charge is 2.10. The second-order valence-electron chi connectivity index (χ2n) is 5.17. The summed E-state index contributed by atoms with van der Waals surface area (Å²) in [7, 11) is 0. The molecule has 0 aromatic heterocycles. The second-order valence-corrected chi connectivity index (χ2v) is 6.09. The monoisotopic (exact) mass is 335 g/mol. The minimum atomic E-state index is -0.191. The Morgan fingerprint density at radius 2 is 1.60 bits per heavy atom. The summed E-state index contributed by atoms with van der Waals surface area (Å²) < 4.78 is 14.0. The molecule has 3 heteroatoms. The summed E-state index contributed by atoms with van der Waals surface area (Å²) in [4.78, 5) is 0. The zero-order valence-corrected chi connectivity index (χ0v) is 13.3. The highest BCUT2D eigenvalue weighted by Crippen LogP contribution is 2.16. The smallest absolute Gasteiger partial charge is 0.123 e. The van der Waals surface area contributed by atoms with Gasteiger partial charge >= 0.3 is 0 Å². The molecular weight excluding hydrogens is 317 g/mol. The van der Waals surface area contributed by atoms with Crippen LogP contribution in [0, 0.1) is 5.82 Å². The van der Waals surface area contributed by atoms with Gasteiger partial charge in [-0.2, -0.15) is 0 Å². The van der Waals surface area contributed by atoms with Gasteiger partial charge in [0, 0.05) is 16.6 Å². The third kappa shape index (κ3) is 4.43. The molecule has 2 aromatic rings. The maximum atomic E-state index is 12.9. The van der Waals surface area contributed by atoms with E-state index in [9.17, 15) is 4.39 Å². The van der Waals surface area contributed by atoms with Crippen LogP contribution >= 0.6 is 15.9 Å². The fraction of sp³-hybridized carbons (Fsp3) is 0.294. The highest BCUT2D eigenvalue weighted by atomic mass is 79.9. The SMILES string of the molecule is CC(Cc1ccc(Br)cc1)N[C@@H](C)c1ccc(F)cc1. The van der Waals surface area contributed by atoms with Crippen LogP contribution < -0.4 is 5.32 Å². The van der Waals surface area contributed by atoms with Gasteiger partial charge < -0.3 is 5.32 Å². The van der Waals surface area contributed by atoms with Crippen molar-refractivity contribution in [2.75, 3.05) is 0 Å². The predicted octanol–water partition coefficient (Wildman–Crippen LogP) is 4.87. The molecule has 0 radical (unpaired) electrons. The van der Waals surface area contributed by atoms with Gasteiger partial charge in [-0.3, -0.25) is 0 Å². The molecule has 2 rings (SSSR count). The molecule has 0 heterocycles. The molecule has 0 spiro atoms. The molecule has 0 saturated heterocycles. The van der Waals surface area contributed by atoms with E-state index in [1.165, 1.54) is 17.7 Å². The highest BCUT2D eigenvalue weighted by molar-refractivity contribution is 9.10. The average molecular weight is 336 g/mol. The van der Waals surface area contributed by atoms with Crippen molar-refractivity contribution in [1.29, 1.82) is 0 Å². The Kier molecular flexibility index (Phi) is 5.32. The van der Waals surface area contributed by atoms with Crippen LogP contribution in [0.4, 0.5) is 4.39 Å². The lowest BCUT2D eigenvalue weighted by atomic mass is 10.0. The van der Waals surface area contributed by atoms with Gasteiger partial charge in [0.2, 0.25) is 0 Å². The molecule has 1 unspecified atom stereocenters. The molecule has 0 aliphatic carbocycles. The molecule has 0 amide bonds. The van der Waals surface area contributed by atoms with E-state index in [0.29, 0.717) is 6.04 Å². The van der Waals surface area contributed by atoms with Gasteiger partial charge in [0.25, 0.3) is 0 Å². The van der Waals surface area contributed by atoms with Crippen molar-refractivity contribution < 1.29 is 4.39 Å². The molecule has 0 bridgehead atoms. The van der Waals surface area contributed by atoms with Crippen molar-refractivity contribution in [3.8, 4) is 0 Å². The number of halogens is 2. The molecule has 0 aliphatic rings. The molecule has 2 aromatic carbocycles. The molecule has 2 atom stereocenters. The lowest BCUT2D eigenvalue weighted by Crippen LogP contribution is -2.30. The fourth-order valence-electron chi connectivity index (χ4n) is 2.31. The molecule has 0 aliphatic heterocycles. The van der Waals surface area contributed by atoms with Crippen LogP contribution in [-0.4, -0.2) is 6.04 Å². The molecular formula is C17H19BrFN. The van der Waals surface area contributed by atoms with Gasteiger partial charge in [0.15, 0.2) is 0 Å². The van der Waals surface area contributed by atoms with E-state index in [-0.39, 0.29) is 11.9 Å². The van der Waals surface area contributed by atoms with Crippen LogP contribution in [0.15, 0.2) is 53.0 Å². The number of rotatable bonds is 5. The normalized spacial score (nSPS) is 14.0. The van der Waals surface area contributed by atoms with Crippen molar-refractivity contribution in [1.82, 2.24) is 5.32 Å². The topological polar surface area (TPSA) is 12.0 Å². The Hall–Kier alpha value is -1.19. The minimum Gasteiger partial charge on any atom is -0.307 e. The fourth-order valence-corrected chi connectivity index (χ4v) is 2.57. The number of hydrogen-bond donors (Lipinski definition) is 1. The summed E-state index contributed by atoms with van der Waals surface area (Å²) in [5.41, 5.74) is 2.41. The molecule has 20 heavy (non-hydrogen) atoms. The van der Waals surface area contributed by atoms with Gasteiger partial charge in [-0.05, 0) is 55.7 Å². The van der Waals surface area contributed by atoms with E-state index >= 15 is 0 Å². The first-order valence-corrected chi connectivity index (χ1v) is 7.60. The van der Waals surface area contributed by atoms with E-state index in [1.807, 2.05) is 12.1 Å². The van der Waals surface area contributed by atoms with E-state index in [4.69, 9.17) is 0 Å². The van der Waals surface area contributed by atoms with Crippen LogP contribution in [0.25, 0.3) is 0 Å². The van der Waals surface area contributed by atoms with E-state index in [1.54, 1.807) is 0 Å². The first-order chi connectivity index (χ1) is 9.54. The standard InChI is InChI=1S/C17H19BrFN/c1-12(11-14-3-7-16(18)8-4-14)20-13(2)15-5-9-17(19)10-6-15/h3-10,12-13,20H,11H2,1-2H3/t12?,13-/m0/s1. The lowest BCUT2D eigenvalue weighted by molar-refractivity contribution is 0.476. The largest absolute Gasteiger partial charge is 0.307 e.